The van der Waals surface area contributed by atoms with Gasteiger partial charge in [0.15, 0.2) is 0 Å². The molecular weight excluding hydrogens is 268 g/mol. The SMILES string of the molecule is CCOc1cc(Nc2ccc(N(C)C(C)=O)cc2)ncn1. The summed E-state index contributed by atoms with van der Waals surface area (Å²) in [5.41, 5.74) is 1.71. The third-order valence-corrected chi connectivity index (χ3v) is 2.93. The molecule has 1 amide bonds. The molecule has 1 N–H and O–H groups in total. The summed E-state index contributed by atoms with van der Waals surface area (Å²) in [6, 6.07) is 9.25. The highest BCUT2D eigenvalue weighted by atomic mass is 16.5. The van der Waals surface area contributed by atoms with Crippen LogP contribution < -0.4 is 15.0 Å². The number of anilines is 3. The summed E-state index contributed by atoms with van der Waals surface area (Å²) in [5, 5.41) is 3.16. The van der Waals surface area contributed by atoms with Gasteiger partial charge in [-0.05, 0) is 31.2 Å². The largest absolute Gasteiger partial charge is 0.478 e. The summed E-state index contributed by atoms with van der Waals surface area (Å²) in [4.78, 5) is 21.0. The lowest BCUT2D eigenvalue weighted by Gasteiger charge is -2.15. The number of aromatic nitrogens is 2. The van der Waals surface area contributed by atoms with Gasteiger partial charge in [0.05, 0.1) is 6.61 Å². The molecule has 0 fully saturated rings. The second kappa shape index (κ2) is 6.69. The molecule has 2 rings (SSSR count). The predicted octanol–water partition coefficient (Wildman–Crippen LogP) is 2.60. The minimum Gasteiger partial charge on any atom is -0.478 e. The van der Waals surface area contributed by atoms with E-state index in [2.05, 4.69) is 15.3 Å². The first-order valence-electron chi connectivity index (χ1n) is 6.66. The van der Waals surface area contributed by atoms with Crippen molar-refractivity contribution in [3.8, 4) is 5.88 Å². The summed E-state index contributed by atoms with van der Waals surface area (Å²) in [6.45, 7) is 3.99. The number of hydrogen-bond donors (Lipinski definition) is 1. The molecule has 0 unspecified atom stereocenters. The van der Waals surface area contributed by atoms with Crippen LogP contribution in [0, 0.1) is 0 Å². The van der Waals surface area contributed by atoms with Gasteiger partial charge in [-0.3, -0.25) is 4.79 Å². The van der Waals surface area contributed by atoms with Crippen LogP contribution in [0.1, 0.15) is 13.8 Å². The molecule has 6 heteroatoms. The van der Waals surface area contributed by atoms with Crippen LogP contribution >= 0.6 is 0 Å². The Labute approximate surface area is 123 Å². The van der Waals surface area contributed by atoms with Crippen LogP contribution in [-0.4, -0.2) is 29.5 Å². The molecule has 21 heavy (non-hydrogen) atoms. The fourth-order valence-corrected chi connectivity index (χ4v) is 1.73. The number of carbonyl (C=O) groups is 1. The van der Waals surface area contributed by atoms with E-state index in [0.29, 0.717) is 18.3 Å². The molecule has 0 bridgehead atoms. The minimum absolute atomic E-state index is 0.00661. The van der Waals surface area contributed by atoms with E-state index in [1.807, 2.05) is 31.2 Å². The van der Waals surface area contributed by atoms with E-state index in [1.165, 1.54) is 13.3 Å². The van der Waals surface area contributed by atoms with Crippen molar-refractivity contribution in [2.75, 3.05) is 23.9 Å². The van der Waals surface area contributed by atoms with Crippen LogP contribution in [0.3, 0.4) is 0 Å². The van der Waals surface area contributed by atoms with Crippen LogP contribution in [0.25, 0.3) is 0 Å². The van der Waals surface area contributed by atoms with E-state index in [4.69, 9.17) is 4.74 Å². The van der Waals surface area contributed by atoms with Gasteiger partial charge in [0.2, 0.25) is 11.8 Å². The highest BCUT2D eigenvalue weighted by molar-refractivity contribution is 5.91. The van der Waals surface area contributed by atoms with Crippen molar-refractivity contribution in [3.05, 3.63) is 36.7 Å². The lowest BCUT2D eigenvalue weighted by atomic mass is 10.2. The summed E-state index contributed by atoms with van der Waals surface area (Å²) in [7, 11) is 1.74. The van der Waals surface area contributed by atoms with Gasteiger partial charge in [-0.15, -0.1) is 0 Å². The number of nitrogens with one attached hydrogen (secondary N) is 1. The second-order valence-corrected chi connectivity index (χ2v) is 4.42. The Morgan fingerprint density at radius 1 is 1.29 bits per heavy atom. The molecule has 1 heterocycles. The zero-order valence-electron chi connectivity index (χ0n) is 12.3. The molecule has 0 saturated carbocycles. The quantitative estimate of drug-likeness (QED) is 0.915. The smallest absolute Gasteiger partial charge is 0.223 e. The lowest BCUT2D eigenvalue weighted by Crippen LogP contribution is -2.22. The van der Waals surface area contributed by atoms with E-state index in [1.54, 1.807) is 18.0 Å². The molecule has 0 radical (unpaired) electrons. The molecule has 1 aromatic heterocycles. The Morgan fingerprint density at radius 2 is 2.00 bits per heavy atom. The first-order valence-corrected chi connectivity index (χ1v) is 6.66. The summed E-state index contributed by atoms with van der Waals surface area (Å²) < 4.78 is 5.33. The van der Waals surface area contributed by atoms with Gasteiger partial charge in [0, 0.05) is 31.4 Å². The van der Waals surface area contributed by atoms with E-state index in [0.717, 1.165) is 11.4 Å². The molecule has 1 aromatic carbocycles. The Hall–Kier alpha value is -2.63. The third kappa shape index (κ3) is 3.92. The fourth-order valence-electron chi connectivity index (χ4n) is 1.73. The predicted molar refractivity (Wildman–Crippen MR) is 82.0 cm³/mol. The van der Waals surface area contributed by atoms with Gasteiger partial charge < -0.3 is 15.0 Å². The zero-order valence-corrected chi connectivity index (χ0v) is 12.3. The van der Waals surface area contributed by atoms with Gasteiger partial charge >= 0.3 is 0 Å². The normalized spacial score (nSPS) is 10.0. The number of benzene rings is 1. The molecule has 0 saturated heterocycles. The molecule has 0 aliphatic heterocycles. The summed E-state index contributed by atoms with van der Waals surface area (Å²) >= 11 is 0. The average molecular weight is 286 g/mol. The number of carbonyl (C=O) groups excluding carboxylic acids is 1. The fraction of sp³-hybridized carbons (Fsp3) is 0.267. The Kier molecular flexibility index (Phi) is 4.71. The van der Waals surface area contributed by atoms with Crippen molar-refractivity contribution in [2.45, 2.75) is 13.8 Å². The first kappa shape index (κ1) is 14.8. The standard InChI is InChI=1S/C15H18N4O2/c1-4-21-15-9-14(16-10-17-15)18-12-5-7-13(8-6-12)19(3)11(2)20/h5-10H,4H2,1-3H3,(H,16,17,18). The molecule has 6 nitrogen and oxygen atoms in total. The van der Waals surface area contributed by atoms with Gasteiger partial charge in [-0.25, -0.2) is 9.97 Å². The van der Waals surface area contributed by atoms with E-state index >= 15 is 0 Å². The van der Waals surface area contributed by atoms with Crippen LogP contribution in [0.15, 0.2) is 36.7 Å². The number of ether oxygens (including phenoxy) is 1. The summed E-state index contributed by atoms with van der Waals surface area (Å²) in [5.74, 6) is 1.18. The van der Waals surface area contributed by atoms with Crippen molar-refractivity contribution >= 4 is 23.1 Å². The Balaban J connectivity index is 2.09. The van der Waals surface area contributed by atoms with Crippen molar-refractivity contribution in [2.24, 2.45) is 0 Å². The van der Waals surface area contributed by atoms with Crippen LogP contribution in [0.5, 0.6) is 5.88 Å². The topological polar surface area (TPSA) is 67.3 Å². The highest BCUT2D eigenvalue weighted by Crippen LogP contribution is 2.21. The number of amides is 1. The lowest BCUT2D eigenvalue weighted by molar-refractivity contribution is -0.116. The van der Waals surface area contributed by atoms with Crippen molar-refractivity contribution in [3.63, 3.8) is 0 Å². The van der Waals surface area contributed by atoms with E-state index in [-0.39, 0.29) is 5.91 Å². The van der Waals surface area contributed by atoms with Gasteiger partial charge in [-0.2, -0.15) is 0 Å². The van der Waals surface area contributed by atoms with E-state index in [9.17, 15) is 4.79 Å². The van der Waals surface area contributed by atoms with Crippen LogP contribution in [0.4, 0.5) is 17.2 Å². The maximum absolute atomic E-state index is 11.3. The average Bonchev–Trinajstić information content (AvgIpc) is 2.48. The highest BCUT2D eigenvalue weighted by Gasteiger charge is 2.05. The zero-order chi connectivity index (χ0) is 15.2. The van der Waals surface area contributed by atoms with Crippen LogP contribution in [-0.2, 0) is 4.79 Å². The molecule has 0 aliphatic rings. The van der Waals surface area contributed by atoms with Gasteiger partial charge in [-0.1, -0.05) is 0 Å². The van der Waals surface area contributed by atoms with Crippen LogP contribution in [0.2, 0.25) is 0 Å². The first-order chi connectivity index (χ1) is 10.1. The van der Waals surface area contributed by atoms with Crippen molar-refractivity contribution < 1.29 is 9.53 Å². The maximum atomic E-state index is 11.3. The molecule has 0 spiro atoms. The molecule has 2 aromatic rings. The van der Waals surface area contributed by atoms with Crippen molar-refractivity contribution in [1.29, 1.82) is 0 Å². The third-order valence-electron chi connectivity index (χ3n) is 2.93. The van der Waals surface area contributed by atoms with Gasteiger partial charge in [0.25, 0.3) is 0 Å². The molecular formula is C15H18N4O2. The second-order valence-electron chi connectivity index (χ2n) is 4.42. The minimum atomic E-state index is -0.00661. The Morgan fingerprint density at radius 3 is 2.62 bits per heavy atom. The number of hydrogen-bond acceptors (Lipinski definition) is 5. The molecule has 0 aliphatic carbocycles. The maximum Gasteiger partial charge on any atom is 0.223 e. The monoisotopic (exact) mass is 286 g/mol. The van der Waals surface area contributed by atoms with E-state index < -0.39 is 0 Å². The number of rotatable bonds is 5. The van der Waals surface area contributed by atoms with Gasteiger partial charge in [0.1, 0.15) is 12.1 Å². The molecule has 0 atom stereocenters. The van der Waals surface area contributed by atoms with Crippen molar-refractivity contribution in [1.82, 2.24) is 9.97 Å². The summed E-state index contributed by atoms with van der Waals surface area (Å²) in [6.07, 6.45) is 1.45. The number of nitrogens with zero attached hydrogens (tertiary/aromatic N) is 3. The Bertz CT molecular complexity index is 613. The molecule has 110 valence electrons.